The van der Waals surface area contributed by atoms with Gasteiger partial charge in [0.2, 0.25) is 15.9 Å². The molecule has 2 rings (SSSR count). The normalized spacial score (nSPS) is 11.2. The third-order valence-electron chi connectivity index (χ3n) is 3.91. The highest BCUT2D eigenvalue weighted by Crippen LogP contribution is 2.21. The Bertz CT molecular complexity index is 830. The van der Waals surface area contributed by atoms with Crippen molar-refractivity contribution in [2.75, 3.05) is 23.7 Å². The molecule has 6 heteroatoms. The first-order valence-corrected chi connectivity index (χ1v) is 9.98. The van der Waals surface area contributed by atoms with Crippen LogP contribution in [-0.4, -0.2) is 33.7 Å². The number of benzene rings is 2. The molecule has 25 heavy (non-hydrogen) atoms. The standard InChI is InChI=1S/C19H24N2O3S/c1-15-8-10-17(11-9-15)14-19(22)20-12-13-21(25(3,23)24)18-7-5-4-6-16(18)2/h4-11H,12-14H2,1-3H3,(H,20,22). The van der Waals surface area contributed by atoms with Crippen LogP contribution < -0.4 is 9.62 Å². The number of amides is 1. The molecule has 134 valence electrons. The Morgan fingerprint density at radius 3 is 2.28 bits per heavy atom. The van der Waals surface area contributed by atoms with E-state index in [0.29, 0.717) is 5.69 Å². The fourth-order valence-electron chi connectivity index (χ4n) is 2.56. The van der Waals surface area contributed by atoms with Crippen molar-refractivity contribution in [3.05, 3.63) is 65.2 Å². The van der Waals surface area contributed by atoms with Crippen LogP contribution in [0.2, 0.25) is 0 Å². The van der Waals surface area contributed by atoms with Gasteiger partial charge in [0, 0.05) is 6.54 Å². The number of nitrogens with one attached hydrogen (secondary N) is 1. The summed E-state index contributed by atoms with van der Waals surface area (Å²) in [6.45, 7) is 4.31. The van der Waals surface area contributed by atoms with Gasteiger partial charge in [-0.25, -0.2) is 8.42 Å². The molecule has 0 saturated heterocycles. The molecule has 0 fully saturated rings. The number of nitrogens with zero attached hydrogens (tertiary/aromatic N) is 1. The van der Waals surface area contributed by atoms with Crippen LogP contribution >= 0.6 is 0 Å². The molecule has 2 aromatic carbocycles. The first kappa shape index (κ1) is 19.0. The van der Waals surface area contributed by atoms with Crippen molar-refractivity contribution >= 4 is 21.6 Å². The molecular formula is C19H24N2O3S. The lowest BCUT2D eigenvalue weighted by Gasteiger charge is -2.24. The van der Waals surface area contributed by atoms with Gasteiger partial charge in [0.25, 0.3) is 0 Å². The second-order valence-corrected chi connectivity index (χ2v) is 8.04. The predicted molar refractivity (Wildman–Crippen MR) is 101 cm³/mol. The monoisotopic (exact) mass is 360 g/mol. The molecule has 0 saturated carbocycles. The number of anilines is 1. The second-order valence-electron chi connectivity index (χ2n) is 6.13. The number of rotatable bonds is 7. The van der Waals surface area contributed by atoms with E-state index >= 15 is 0 Å². The second kappa shape index (κ2) is 8.16. The summed E-state index contributed by atoms with van der Waals surface area (Å²) in [7, 11) is -3.42. The van der Waals surface area contributed by atoms with Gasteiger partial charge in [-0.05, 0) is 31.0 Å². The Morgan fingerprint density at radius 2 is 1.68 bits per heavy atom. The van der Waals surface area contributed by atoms with Gasteiger partial charge in [-0.15, -0.1) is 0 Å². The van der Waals surface area contributed by atoms with Gasteiger partial charge < -0.3 is 5.32 Å². The van der Waals surface area contributed by atoms with E-state index in [9.17, 15) is 13.2 Å². The zero-order valence-corrected chi connectivity index (χ0v) is 15.6. The fourth-order valence-corrected chi connectivity index (χ4v) is 3.54. The third kappa shape index (κ3) is 5.60. The molecule has 1 N–H and O–H groups in total. The maximum Gasteiger partial charge on any atom is 0.232 e. The molecule has 0 heterocycles. The average molecular weight is 360 g/mol. The van der Waals surface area contributed by atoms with Crippen molar-refractivity contribution in [1.82, 2.24) is 5.32 Å². The minimum atomic E-state index is -3.42. The lowest BCUT2D eigenvalue weighted by atomic mass is 10.1. The molecule has 2 aromatic rings. The minimum Gasteiger partial charge on any atom is -0.354 e. The van der Waals surface area contributed by atoms with Gasteiger partial charge in [0.05, 0.1) is 24.9 Å². The van der Waals surface area contributed by atoms with Crippen LogP contribution in [0.5, 0.6) is 0 Å². The number of hydrogen-bond donors (Lipinski definition) is 1. The highest BCUT2D eigenvalue weighted by atomic mass is 32.2. The largest absolute Gasteiger partial charge is 0.354 e. The van der Waals surface area contributed by atoms with Crippen LogP contribution in [0, 0.1) is 13.8 Å². The topological polar surface area (TPSA) is 66.5 Å². The van der Waals surface area contributed by atoms with Crippen LogP contribution in [-0.2, 0) is 21.2 Å². The Balaban J connectivity index is 1.96. The van der Waals surface area contributed by atoms with Gasteiger partial charge in [-0.3, -0.25) is 9.10 Å². The van der Waals surface area contributed by atoms with Crippen molar-refractivity contribution in [2.24, 2.45) is 0 Å². The first-order chi connectivity index (χ1) is 11.8. The van der Waals surface area contributed by atoms with Crippen LogP contribution in [0.4, 0.5) is 5.69 Å². The van der Waals surface area contributed by atoms with E-state index in [1.54, 1.807) is 12.1 Å². The molecule has 0 aliphatic carbocycles. The zero-order chi connectivity index (χ0) is 18.4. The average Bonchev–Trinajstić information content (AvgIpc) is 2.54. The lowest BCUT2D eigenvalue weighted by Crippen LogP contribution is -2.38. The summed E-state index contributed by atoms with van der Waals surface area (Å²) >= 11 is 0. The maximum atomic E-state index is 12.1. The molecule has 0 spiro atoms. The molecule has 0 aliphatic rings. The summed E-state index contributed by atoms with van der Waals surface area (Å²) in [4.78, 5) is 12.1. The van der Waals surface area contributed by atoms with Crippen LogP contribution in [0.3, 0.4) is 0 Å². The number of carbonyl (C=O) groups is 1. The quantitative estimate of drug-likeness (QED) is 0.825. The summed E-state index contributed by atoms with van der Waals surface area (Å²) in [5.41, 5.74) is 3.59. The van der Waals surface area contributed by atoms with E-state index in [0.717, 1.165) is 16.7 Å². The van der Waals surface area contributed by atoms with Gasteiger partial charge in [0.15, 0.2) is 0 Å². The molecule has 0 atom stereocenters. The number of hydrogen-bond acceptors (Lipinski definition) is 3. The molecule has 0 unspecified atom stereocenters. The Kier molecular flexibility index (Phi) is 6.20. The molecule has 0 aromatic heterocycles. The predicted octanol–water partition coefficient (Wildman–Crippen LogP) is 2.43. The molecular weight excluding hydrogens is 336 g/mol. The molecule has 0 radical (unpaired) electrons. The maximum absolute atomic E-state index is 12.1. The van der Waals surface area contributed by atoms with E-state index in [4.69, 9.17) is 0 Å². The van der Waals surface area contributed by atoms with E-state index in [2.05, 4.69) is 5.32 Å². The van der Waals surface area contributed by atoms with Gasteiger partial charge in [-0.1, -0.05) is 48.0 Å². The van der Waals surface area contributed by atoms with Crippen LogP contribution in [0.15, 0.2) is 48.5 Å². The summed E-state index contributed by atoms with van der Waals surface area (Å²) in [6, 6.07) is 15.1. The number of sulfonamides is 1. The van der Waals surface area contributed by atoms with Gasteiger partial charge >= 0.3 is 0 Å². The molecule has 1 amide bonds. The number of para-hydroxylation sites is 1. The fraction of sp³-hybridized carbons (Fsp3) is 0.316. The summed E-state index contributed by atoms with van der Waals surface area (Å²) < 4.78 is 25.5. The smallest absolute Gasteiger partial charge is 0.232 e. The SMILES string of the molecule is Cc1ccc(CC(=O)NCCN(c2ccccc2C)S(C)(=O)=O)cc1. The van der Waals surface area contributed by atoms with E-state index in [1.807, 2.05) is 50.2 Å². The Labute approximate surface area is 149 Å². The van der Waals surface area contributed by atoms with Crippen LogP contribution in [0.25, 0.3) is 0 Å². The molecule has 0 aliphatic heterocycles. The lowest BCUT2D eigenvalue weighted by molar-refractivity contribution is -0.120. The highest BCUT2D eigenvalue weighted by molar-refractivity contribution is 7.92. The van der Waals surface area contributed by atoms with E-state index in [1.165, 1.54) is 10.6 Å². The third-order valence-corrected chi connectivity index (χ3v) is 5.09. The van der Waals surface area contributed by atoms with Crippen molar-refractivity contribution < 1.29 is 13.2 Å². The van der Waals surface area contributed by atoms with Gasteiger partial charge in [-0.2, -0.15) is 0 Å². The van der Waals surface area contributed by atoms with E-state index in [-0.39, 0.29) is 25.4 Å². The summed E-state index contributed by atoms with van der Waals surface area (Å²) in [5.74, 6) is -0.123. The number of aryl methyl sites for hydroxylation is 2. The van der Waals surface area contributed by atoms with E-state index < -0.39 is 10.0 Å². The Morgan fingerprint density at radius 1 is 1.04 bits per heavy atom. The van der Waals surface area contributed by atoms with Crippen molar-refractivity contribution in [3.63, 3.8) is 0 Å². The molecule has 0 bridgehead atoms. The van der Waals surface area contributed by atoms with Crippen LogP contribution in [0.1, 0.15) is 16.7 Å². The van der Waals surface area contributed by atoms with Gasteiger partial charge in [0.1, 0.15) is 0 Å². The summed E-state index contributed by atoms with van der Waals surface area (Å²) in [5, 5.41) is 2.79. The highest BCUT2D eigenvalue weighted by Gasteiger charge is 2.18. The summed E-state index contributed by atoms with van der Waals surface area (Å²) in [6.07, 6.45) is 1.46. The van der Waals surface area contributed by atoms with Crippen molar-refractivity contribution in [3.8, 4) is 0 Å². The first-order valence-electron chi connectivity index (χ1n) is 8.13. The van der Waals surface area contributed by atoms with Crippen molar-refractivity contribution in [2.45, 2.75) is 20.3 Å². The molecule has 5 nitrogen and oxygen atoms in total. The number of carbonyl (C=O) groups excluding carboxylic acids is 1. The minimum absolute atomic E-state index is 0.123. The Hall–Kier alpha value is -2.34. The van der Waals surface area contributed by atoms with Crippen molar-refractivity contribution in [1.29, 1.82) is 0 Å². The zero-order valence-electron chi connectivity index (χ0n) is 14.8.